The van der Waals surface area contributed by atoms with Gasteiger partial charge in [0.1, 0.15) is 10.3 Å². The third kappa shape index (κ3) is 3.07. The van der Waals surface area contributed by atoms with Crippen molar-refractivity contribution in [1.82, 2.24) is 9.97 Å². The maximum Gasteiger partial charge on any atom is 0.446 e. The second-order valence-electron chi connectivity index (χ2n) is 2.04. The number of thioether (sulfide) groups is 1. The van der Waals surface area contributed by atoms with Gasteiger partial charge in [-0.2, -0.15) is 13.2 Å². The first-order chi connectivity index (χ1) is 6.29. The van der Waals surface area contributed by atoms with Crippen LogP contribution in [0, 0.1) is 0 Å². The fraction of sp³-hybridized carbons (Fsp3) is 0.200. The summed E-state index contributed by atoms with van der Waals surface area (Å²) >= 11 is 10.3. The van der Waals surface area contributed by atoms with E-state index in [9.17, 15) is 13.2 Å². The first-order valence-corrected chi connectivity index (χ1v) is 4.61. The van der Waals surface area contributed by atoms with E-state index in [1.165, 1.54) is 0 Å². The molecule has 0 unspecified atom stereocenters. The molecule has 0 amide bonds. The van der Waals surface area contributed by atoms with Crippen LogP contribution in [0.4, 0.5) is 19.1 Å². The quantitative estimate of drug-likeness (QED) is 0.625. The third-order valence-electron chi connectivity index (χ3n) is 1.02. The van der Waals surface area contributed by atoms with Crippen LogP contribution in [0.2, 0.25) is 10.3 Å². The van der Waals surface area contributed by atoms with Crippen LogP contribution in [0.3, 0.4) is 0 Å². The molecule has 0 fully saturated rings. The van der Waals surface area contributed by atoms with E-state index in [1.54, 1.807) is 0 Å². The highest BCUT2D eigenvalue weighted by atomic mass is 35.5. The predicted octanol–water partition coefficient (Wildman–Crippen LogP) is 2.98. The number of nitrogens with two attached hydrogens (primary N) is 1. The van der Waals surface area contributed by atoms with E-state index >= 15 is 0 Å². The molecule has 0 radical (unpaired) electrons. The van der Waals surface area contributed by atoms with Gasteiger partial charge in [0.05, 0.1) is 4.90 Å². The minimum Gasteiger partial charge on any atom is -0.368 e. The van der Waals surface area contributed by atoms with Crippen molar-refractivity contribution in [2.45, 2.75) is 10.4 Å². The topological polar surface area (TPSA) is 51.8 Å². The van der Waals surface area contributed by atoms with E-state index in [0.717, 1.165) is 0 Å². The van der Waals surface area contributed by atoms with Gasteiger partial charge in [0.25, 0.3) is 0 Å². The van der Waals surface area contributed by atoms with E-state index in [2.05, 4.69) is 9.97 Å². The Balaban J connectivity index is 3.09. The molecular weight excluding hydrogens is 262 g/mol. The fourth-order valence-electron chi connectivity index (χ4n) is 0.613. The summed E-state index contributed by atoms with van der Waals surface area (Å²) in [5.41, 5.74) is 0.617. The van der Waals surface area contributed by atoms with Crippen molar-refractivity contribution in [1.29, 1.82) is 0 Å². The molecular formula is C5H2Cl2F3N3S. The molecule has 0 aliphatic rings. The number of halogens is 5. The Morgan fingerprint density at radius 1 is 1.14 bits per heavy atom. The van der Waals surface area contributed by atoms with Gasteiger partial charge in [-0.1, -0.05) is 23.2 Å². The van der Waals surface area contributed by atoms with Crippen LogP contribution in [-0.2, 0) is 0 Å². The van der Waals surface area contributed by atoms with Crippen LogP contribution < -0.4 is 5.73 Å². The molecule has 14 heavy (non-hydrogen) atoms. The van der Waals surface area contributed by atoms with Crippen molar-refractivity contribution >= 4 is 40.9 Å². The molecule has 3 nitrogen and oxygen atoms in total. The maximum atomic E-state index is 12.0. The molecule has 1 aromatic rings. The number of hydrogen-bond donors (Lipinski definition) is 1. The summed E-state index contributed by atoms with van der Waals surface area (Å²) in [6.45, 7) is 0. The number of nitrogens with zero attached hydrogens (tertiary/aromatic N) is 2. The average Bonchev–Trinajstić information content (AvgIpc) is 1.95. The van der Waals surface area contributed by atoms with E-state index in [1.807, 2.05) is 0 Å². The smallest absolute Gasteiger partial charge is 0.368 e. The standard InChI is InChI=1S/C5H2Cl2F3N3S/c6-2-1(14-5(8,9)10)3(7)13-4(11)12-2/h(H2,11,12,13). The Morgan fingerprint density at radius 3 is 1.93 bits per heavy atom. The molecule has 0 saturated heterocycles. The summed E-state index contributed by atoms with van der Waals surface area (Å²) in [4.78, 5) is 6.24. The summed E-state index contributed by atoms with van der Waals surface area (Å²) in [5, 5.41) is -0.824. The van der Waals surface area contributed by atoms with Gasteiger partial charge in [-0.15, -0.1) is 0 Å². The highest BCUT2D eigenvalue weighted by Crippen LogP contribution is 2.42. The number of aromatic nitrogens is 2. The lowest BCUT2D eigenvalue weighted by Crippen LogP contribution is -2.03. The molecule has 0 spiro atoms. The lowest BCUT2D eigenvalue weighted by atomic mass is 10.6. The van der Waals surface area contributed by atoms with Gasteiger partial charge in [-0.3, -0.25) is 0 Å². The lowest BCUT2D eigenvalue weighted by molar-refractivity contribution is -0.0328. The summed E-state index contributed by atoms with van der Waals surface area (Å²) in [5.74, 6) is -0.272. The number of hydrogen-bond acceptors (Lipinski definition) is 4. The predicted molar refractivity (Wildman–Crippen MR) is 48.4 cm³/mol. The largest absolute Gasteiger partial charge is 0.446 e. The van der Waals surface area contributed by atoms with Crippen molar-refractivity contribution in [3.8, 4) is 0 Å². The van der Waals surface area contributed by atoms with E-state index in [4.69, 9.17) is 28.9 Å². The molecule has 0 saturated carbocycles. The van der Waals surface area contributed by atoms with Crippen molar-refractivity contribution in [3.63, 3.8) is 0 Å². The molecule has 1 aromatic heterocycles. The van der Waals surface area contributed by atoms with Gasteiger partial charge >= 0.3 is 5.51 Å². The Bertz CT molecular complexity index is 334. The zero-order valence-electron chi connectivity index (χ0n) is 6.27. The molecule has 0 aromatic carbocycles. The van der Waals surface area contributed by atoms with Crippen LogP contribution >= 0.6 is 35.0 Å². The van der Waals surface area contributed by atoms with Crippen molar-refractivity contribution in [2.75, 3.05) is 5.73 Å². The van der Waals surface area contributed by atoms with Crippen molar-refractivity contribution < 1.29 is 13.2 Å². The molecule has 1 rings (SSSR count). The van der Waals surface area contributed by atoms with E-state index < -0.39 is 32.5 Å². The zero-order valence-corrected chi connectivity index (χ0v) is 8.60. The summed E-state index contributed by atoms with van der Waals surface area (Å²) in [6.07, 6.45) is 0. The van der Waals surface area contributed by atoms with Crippen molar-refractivity contribution in [2.24, 2.45) is 0 Å². The molecule has 2 N–H and O–H groups in total. The Kier molecular flexibility index (Phi) is 3.33. The maximum absolute atomic E-state index is 12.0. The third-order valence-corrected chi connectivity index (χ3v) is 2.61. The number of nitrogen functional groups attached to an aromatic ring is 1. The molecule has 0 atom stereocenters. The number of rotatable bonds is 1. The van der Waals surface area contributed by atoms with Crippen LogP contribution in [-0.4, -0.2) is 15.5 Å². The van der Waals surface area contributed by atoms with Gasteiger partial charge in [0.2, 0.25) is 5.95 Å². The van der Waals surface area contributed by atoms with Gasteiger partial charge < -0.3 is 5.73 Å². The second-order valence-corrected chi connectivity index (χ2v) is 3.83. The molecule has 1 heterocycles. The highest BCUT2D eigenvalue weighted by molar-refractivity contribution is 8.00. The van der Waals surface area contributed by atoms with E-state index in [-0.39, 0.29) is 5.95 Å². The fourth-order valence-corrected chi connectivity index (χ4v) is 1.74. The molecule has 0 aliphatic heterocycles. The van der Waals surface area contributed by atoms with Crippen molar-refractivity contribution in [3.05, 3.63) is 10.3 Å². The van der Waals surface area contributed by atoms with Crippen LogP contribution in [0.5, 0.6) is 0 Å². The normalized spacial score (nSPS) is 11.8. The molecule has 9 heteroatoms. The van der Waals surface area contributed by atoms with Crippen LogP contribution in [0.15, 0.2) is 4.90 Å². The Labute approximate surface area is 90.8 Å². The van der Waals surface area contributed by atoms with Gasteiger partial charge in [-0.25, -0.2) is 9.97 Å². The highest BCUT2D eigenvalue weighted by Gasteiger charge is 2.32. The van der Waals surface area contributed by atoms with Crippen LogP contribution in [0.25, 0.3) is 0 Å². The van der Waals surface area contributed by atoms with Gasteiger partial charge in [0.15, 0.2) is 0 Å². The van der Waals surface area contributed by atoms with Crippen LogP contribution in [0.1, 0.15) is 0 Å². The zero-order chi connectivity index (χ0) is 10.9. The molecule has 0 bridgehead atoms. The van der Waals surface area contributed by atoms with E-state index in [0.29, 0.717) is 0 Å². The SMILES string of the molecule is Nc1nc(Cl)c(SC(F)(F)F)c(Cl)n1. The van der Waals surface area contributed by atoms with Gasteiger partial charge in [-0.05, 0) is 11.8 Å². The summed E-state index contributed by atoms with van der Waals surface area (Å²) in [7, 11) is 0. The summed E-state index contributed by atoms with van der Waals surface area (Å²) < 4.78 is 35.9. The average molecular weight is 264 g/mol. The monoisotopic (exact) mass is 263 g/mol. The van der Waals surface area contributed by atoms with Gasteiger partial charge in [0, 0.05) is 0 Å². The minimum absolute atomic E-state index is 0.272. The molecule has 78 valence electrons. The minimum atomic E-state index is -4.49. The summed E-state index contributed by atoms with van der Waals surface area (Å²) in [6, 6.07) is 0. The number of alkyl halides is 3. The Morgan fingerprint density at radius 2 is 1.57 bits per heavy atom. The number of anilines is 1. The Hall–Kier alpha value is -0.400. The molecule has 0 aliphatic carbocycles. The second kappa shape index (κ2) is 4.00. The first-order valence-electron chi connectivity index (χ1n) is 3.04. The lowest BCUT2D eigenvalue weighted by Gasteiger charge is -2.07. The first kappa shape index (κ1) is 11.7.